The van der Waals surface area contributed by atoms with Crippen LogP contribution in [0.1, 0.15) is 77.5 Å². The van der Waals surface area contributed by atoms with Crippen LogP contribution in [0.2, 0.25) is 0 Å². The van der Waals surface area contributed by atoms with E-state index in [1.54, 1.807) is 0 Å². The Kier molecular flexibility index (Phi) is 13.5. The van der Waals surface area contributed by atoms with E-state index >= 15 is 0 Å². The maximum Gasteiger partial charge on any atom is 0.0463 e. The van der Waals surface area contributed by atoms with Crippen molar-refractivity contribution < 1.29 is 0 Å². The van der Waals surface area contributed by atoms with Crippen molar-refractivity contribution in [3.63, 3.8) is 0 Å². The van der Waals surface area contributed by atoms with Crippen LogP contribution in [-0.2, 0) is 5.41 Å². The minimum atomic E-state index is -0.0786. The highest BCUT2D eigenvalue weighted by atomic mass is 32.2. The summed E-state index contributed by atoms with van der Waals surface area (Å²) in [6.45, 7) is 12.8. The zero-order valence-electron chi connectivity index (χ0n) is 39.0. The Morgan fingerprint density at radius 2 is 0.864 bits per heavy atom. The molecule has 8 aromatic rings. The summed E-state index contributed by atoms with van der Waals surface area (Å²) in [4.78, 5) is 10.2. The fraction of sp³-hybridized carbons (Fsp3) is 0.161. The van der Waals surface area contributed by atoms with E-state index in [-0.39, 0.29) is 5.41 Å². The summed E-state index contributed by atoms with van der Waals surface area (Å²) in [5.74, 6) is 0. The molecule has 0 unspecified atom stereocenters. The van der Waals surface area contributed by atoms with Crippen molar-refractivity contribution in [1.82, 2.24) is 0 Å². The highest BCUT2D eigenvalue weighted by Gasteiger charge is 2.37. The minimum absolute atomic E-state index is 0.0786. The maximum absolute atomic E-state index is 2.48. The first-order valence-electron chi connectivity index (χ1n) is 23.6. The Labute approximate surface area is 401 Å². The first-order valence-corrected chi connectivity index (χ1v) is 25.3. The lowest BCUT2D eigenvalue weighted by atomic mass is 9.82. The smallest absolute Gasteiger partial charge is 0.0463 e. The standard InChI is InChI=1S/C58H46N2S2.2C2H6/c1-58(2)52-35-28-43(37-50(52)51-38-56-57(39-53(51)58)62-55-25-15-14-24-54(55)61-56)42-18-12-13-23-49(36-42)60(46-29-26-41(27-30-46)40-16-6-3-7-17-40)48-33-31-47(32-34-48)59(44-19-8-4-9-20-44)45-21-10-5-11-22-45;2*1-2/h3-11,14-22,24-39H,12-13,23H2,1-2H3;2*1-2H3. The normalized spacial score (nSPS) is 13.9. The Morgan fingerprint density at radius 1 is 0.409 bits per heavy atom. The number of para-hydroxylation sites is 2. The third kappa shape index (κ3) is 8.80. The number of anilines is 5. The monoisotopic (exact) mass is 894 g/mol. The SMILES string of the molecule is CC.CC.CC1(C)c2ccc(C3=CCCCC(N(c4ccc(-c5ccccc5)cc4)c4ccc(N(c5ccccc5)c5ccccc5)cc4)=C3)cc2-c2cc3c(cc21)Sc1ccccc1S3. The molecule has 0 atom stereocenters. The van der Waals surface area contributed by atoms with Gasteiger partial charge >= 0.3 is 0 Å². The molecule has 0 radical (unpaired) electrons. The number of rotatable bonds is 8. The zero-order valence-corrected chi connectivity index (χ0v) is 40.6. The van der Waals surface area contributed by atoms with E-state index in [0.717, 1.165) is 47.7 Å². The second-order valence-corrected chi connectivity index (χ2v) is 19.0. The van der Waals surface area contributed by atoms with Crippen molar-refractivity contribution in [1.29, 1.82) is 0 Å². The summed E-state index contributed by atoms with van der Waals surface area (Å²) in [7, 11) is 0. The van der Waals surface area contributed by atoms with Crippen LogP contribution in [0.3, 0.4) is 0 Å². The molecule has 0 aromatic heterocycles. The first-order chi connectivity index (χ1) is 32.5. The first kappa shape index (κ1) is 44.7. The molecule has 0 fully saturated rings. The van der Waals surface area contributed by atoms with E-state index in [9.17, 15) is 0 Å². The van der Waals surface area contributed by atoms with Crippen LogP contribution in [0.15, 0.2) is 232 Å². The summed E-state index contributed by atoms with van der Waals surface area (Å²) >= 11 is 3.82. The van der Waals surface area contributed by atoms with Crippen LogP contribution in [0.25, 0.3) is 27.8 Å². The topological polar surface area (TPSA) is 6.48 Å². The predicted octanol–water partition coefficient (Wildman–Crippen LogP) is 19.1. The molecule has 328 valence electrons. The predicted molar refractivity (Wildman–Crippen MR) is 286 cm³/mol. The van der Waals surface area contributed by atoms with E-state index < -0.39 is 0 Å². The molecule has 0 saturated heterocycles. The Balaban J connectivity index is 0.00000133. The molecule has 1 aliphatic heterocycles. The van der Waals surface area contributed by atoms with E-state index in [2.05, 4.69) is 230 Å². The van der Waals surface area contributed by atoms with Crippen molar-refractivity contribution in [2.75, 3.05) is 9.80 Å². The van der Waals surface area contributed by atoms with Gasteiger partial charge in [0.2, 0.25) is 0 Å². The fourth-order valence-corrected chi connectivity index (χ4v) is 11.7. The van der Waals surface area contributed by atoms with Crippen molar-refractivity contribution in [2.45, 2.75) is 85.8 Å². The summed E-state index contributed by atoms with van der Waals surface area (Å²) in [5, 5.41) is 0. The molecule has 0 spiro atoms. The number of hydrogen-bond acceptors (Lipinski definition) is 4. The van der Waals surface area contributed by atoms with Gasteiger partial charge in [-0.2, -0.15) is 0 Å². The summed E-state index contributed by atoms with van der Waals surface area (Å²) in [6.07, 6.45) is 7.99. The number of fused-ring (bicyclic) bond motifs is 5. The molecule has 66 heavy (non-hydrogen) atoms. The third-order valence-electron chi connectivity index (χ3n) is 12.6. The largest absolute Gasteiger partial charge is 0.314 e. The molecule has 0 bridgehead atoms. The number of hydrogen-bond donors (Lipinski definition) is 0. The Hall–Kier alpha value is -6.46. The molecular weight excluding hydrogens is 837 g/mol. The molecule has 0 saturated carbocycles. The van der Waals surface area contributed by atoms with Gasteiger partial charge in [-0.3, -0.25) is 0 Å². The van der Waals surface area contributed by atoms with Gasteiger partial charge in [0, 0.05) is 59.1 Å². The fourth-order valence-electron chi connectivity index (χ4n) is 9.45. The van der Waals surface area contributed by atoms with Gasteiger partial charge in [0.05, 0.1) is 0 Å². The van der Waals surface area contributed by atoms with Crippen molar-refractivity contribution in [3.8, 4) is 22.3 Å². The van der Waals surface area contributed by atoms with Gasteiger partial charge in [0.25, 0.3) is 0 Å². The minimum Gasteiger partial charge on any atom is -0.314 e. The van der Waals surface area contributed by atoms with E-state index in [1.165, 1.54) is 69.8 Å². The summed E-state index contributed by atoms with van der Waals surface area (Å²) in [5.41, 5.74) is 17.4. The second kappa shape index (κ2) is 20.0. The van der Waals surface area contributed by atoms with Gasteiger partial charge in [-0.15, -0.1) is 0 Å². The molecule has 2 aliphatic carbocycles. The molecule has 1 heterocycles. The van der Waals surface area contributed by atoms with Crippen LogP contribution in [0.5, 0.6) is 0 Å². The molecule has 8 aromatic carbocycles. The van der Waals surface area contributed by atoms with Crippen molar-refractivity contribution in [2.24, 2.45) is 0 Å². The van der Waals surface area contributed by atoms with Gasteiger partial charge in [0.1, 0.15) is 0 Å². The van der Waals surface area contributed by atoms with Crippen LogP contribution in [-0.4, -0.2) is 0 Å². The average Bonchev–Trinajstić information content (AvgIpc) is 3.50. The molecule has 4 heteroatoms. The van der Waals surface area contributed by atoms with Gasteiger partial charge in [-0.1, -0.05) is 174 Å². The van der Waals surface area contributed by atoms with Gasteiger partial charge in [-0.25, -0.2) is 0 Å². The van der Waals surface area contributed by atoms with Crippen molar-refractivity contribution in [3.05, 3.63) is 229 Å². The van der Waals surface area contributed by atoms with Crippen molar-refractivity contribution >= 4 is 57.5 Å². The molecule has 3 aliphatic rings. The van der Waals surface area contributed by atoms with E-state index in [4.69, 9.17) is 0 Å². The summed E-state index contributed by atoms with van der Waals surface area (Å²) < 4.78 is 0. The Morgan fingerprint density at radius 3 is 1.45 bits per heavy atom. The molecule has 11 rings (SSSR count). The molecule has 0 amide bonds. The quantitative estimate of drug-likeness (QED) is 0.150. The maximum atomic E-state index is 2.48. The van der Waals surface area contributed by atoms with E-state index in [1.807, 2.05) is 51.2 Å². The van der Waals surface area contributed by atoms with Gasteiger partial charge in [0.15, 0.2) is 0 Å². The van der Waals surface area contributed by atoms with Crippen LogP contribution in [0.4, 0.5) is 28.4 Å². The van der Waals surface area contributed by atoms with Crippen LogP contribution >= 0.6 is 23.5 Å². The highest BCUT2D eigenvalue weighted by molar-refractivity contribution is 8.05. The molecule has 0 N–H and O–H groups in total. The number of benzene rings is 8. The lowest BCUT2D eigenvalue weighted by Gasteiger charge is -2.30. The van der Waals surface area contributed by atoms with Gasteiger partial charge in [-0.05, 0) is 161 Å². The van der Waals surface area contributed by atoms with Crippen LogP contribution < -0.4 is 9.80 Å². The lowest BCUT2D eigenvalue weighted by molar-refractivity contribution is 0.657. The third-order valence-corrected chi connectivity index (χ3v) is 15.1. The average molecular weight is 895 g/mol. The van der Waals surface area contributed by atoms with Crippen LogP contribution in [0, 0.1) is 0 Å². The Bertz CT molecular complexity index is 2950. The lowest BCUT2D eigenvalue weighted by Crippen LogP contribution is -2.17. The second-order valence-electron chi connectivity index (χ2n) is 16.8. The number of allylic oxidation sites excluding steroid dienone is 4. The number of nitrogens with zero attached hydrogens (tertiary/aromatic N) is 2. The summed E-state index contributed by atoms with van der Waals surface area (Å²) in [6, 6.07) is 71.2. The highest BCUT2D eigenvalue weighted by Crippen LogP contribution is 2.56. The van der Waals surface area contributed by atoms with Gasteiger partial charge < -0.3 is 9.80 Å². The van der Waals surface area contributed by atoms with E-state index in [0.29, 0.717) is 0 Å². The molecule has 2 nitrogen and oxygen atoms in total. The molecular formula is C62H58N2S2. The zero-order chi connectivity index (χ0) is 45.6.